The summed E-state index contributed by atoms with van der Waals surface area (Å²) < 4.78 is 11.6. The van der Waals surface area contributed by atoms with Gasteiger partial charge in [-0.25, -0.2) is 0 Å². The molecule has 0 aromatic heterocycles. The zero-order valence-corrected chi connectivity index (χ0v) is 45.8. The van der Waals surface area contributed by atoms with Crippen molar-refractivity contribution in [3.8, 4) is 0 Å². The number of carbonyl (C=O) groups is 3. The van der Waals surface area contributed by atoms with Gasteiger partial charge < -0.3 is 19.3 Å². The summed E-state index contributed by atoms with van der Waals surface area (Å²) >= 11 is 1.59. The lowest BCUT2D eigenvalue weighted by Gasteiger charge is -2.33. The molecule has 7 nitrogen and oxygen atoms in total. The van der Waals surface area contributed by atoms with Crippen LogP contribution < -0.4 is 0 Å². The van der Waals surface area contributed by atoms with Gasteiger partial charge in [0, 0.05) is 37.2 Å². The Morgan fingerprint density at radius 2 is 0.909 bits per heavy atom. The van der Waals surface area contributed by atoms with Crippen LogP contribution in [0.25, 0.3) is 0 Å². The fourth-order valence-corrected chi connectivity index (χ4v) is 11.0. The number of nitrogens with zero attached hydrogens (tertiary/aromatic N) is 2. The summed E-state index contributed by atoms with van der Waals surface area (Å²) in [5.41, 5.74) is 0. The lowest BCUT2D eigenvalue weighted by Crippen LogP contribution is -2.41. The van der Waals surface area contributed by atoms with Gasteiger partial charge >= 0.3 is 11.9 Å². The third kappa shape index (κ3) is 35.8. The van der Waals surface area contributed by atoms with Crippen molar-refractivity contribution >= 4 is 28.9 Å². The van der Waals surface area contributed by atoms with Gasteiger partial charge in [-0.2, -0.15) is 0 Å². The van der Waals surface area contributed by atoms with Crippen molar-refractivity contribution in [3.63, 3.8) is 0 Å². The number of amides is 1. The Bertz CT molecular complexity index is 1050. The first-order chi connectivity index (χ1) is 32.3. The van der Waals surface area contributed by atoms with Gasteiger partial charge in [0.05, 0.1) is 13.2 Å². The van der Waals surface area contributed by atoms with Gasteiger partial charge in [0.2, 0.25) is 0 Å². The van der Waals surface area contributed by atoms with Gasteiger partial charge in [-0.1, -0.05) is 213 Å². The lowest BCUT2D eigenvalue weighted by atomic mass is 9.96. The predicted molar refractivity (Wildman–Crippen MR) is 287 cm³/mol. The molecule has 1 saturated heterocycles. The van der Waals surface area contributed by atoms with Crippen LogP contribution in [-0.2, 0) is 19.1 Å². The maximum atomic E-state index is 14.1. The van der Waals surface area contributed by atoms with Crippen LogP contribution in [-0.4, -0.2) is 78.2 Å². The third-order valence-corrected chi connectivity index (χ3v) is 15.7. The molecule has 0 N–H and O–H groups in total. The average molecular weight is 950 g/mol. The van der Waals surface area contributed by atoms with Crippen molar-refractivity contribution < 1.29 is 23.9 Å². The van der Waals surface area contributed by atoms with E-state index in [0.717, 1.165) is 89.3 Å². The minimum Gasteiger partial charge on any atom is -0.465 e. The molecule has 0 radical (unpaired) electrons. The summed E-state index contributed by atoms with van der Waals surface area (Å²) in [6.07, 6.45) is 46.3. The van der Waals surface area contributed by atoms with Crippen LogP contribution in [0.4, 0.5) is 4.79 Å². The van der Waals surface area contributed by atoms with E-state index in [4.69, 9.17) is 9.47 Å². The molecule has 1 amide bonds. The second-order valence-corrected chi connectivity index (χ2v) is 21.9. The number of ether oxygens (including phenoxy) is 2. The van der Waals surface area contributed by atoms with Crippen molar-refractivity contribution in [1.82, 2.24) is 9.80 Å². The average Bonchev–Trinajstić information content (AvgIpc) is 3.73. The van der Waals surface area contributed by atoms with Gasteiger partial charge in [0.25, 0.3) is 5.24 Å². The highest BCUT2D eigenvalue weighted by molar-refractivity contribution is 8.13. The van der Waals surface area contributed by atoms with Crippen molar-refractivity contribution in [2.45, 2.75) is 304 Å². The molecule has 1 rings (SSSR count). The van der Waals surface area contributed by atoms with E-state index >= 15 is 0 Å². The number of unbranched alkanes of at least 4 members (excludes halogenated alkanes) is 22. The Hall–Kier alpha value is -1.28. The molecule has 0 bridgehead atoms. The number of likely N-dealkylation sites (tertiary alicyclic amines) is 1. The van der Waals surface area contributed by atoms with Crippen LogP contribution in [0.3, 0.4) is 0 Å². The monoisotopic (exact) mass is 949 g/mol. The quantitative estimate of drug-likeness (QED) is 0.0444. The molecular formula is C58H112N2O5S. The first-order valence-electron chi connectivity index (χ1n) is 29.2. The maximum Gasteiger partial charge on any atom is 0.305 e. The second-order valence-electron chi connectivity index (χ2n) is 20.8. The number of esters is 2. The molecule has 0 aromatic rings. The van der Waals surface area contributed by atoms with E-state index in [-0.39, 0.29) is 11.9 Å². The zero-order chi connectivity index (χ0) is 48.1. The van der Waals surface area contributed by atoms with Crippen molar-refractivity contribution in [2.24, 2.45) is 11.8 Å². The van der Waals surface area contributed by atoms with Crippen LogP contribution in [0.15, 0.2) is 0 Å². The van der Waals surface area contributed by atoms with E-state index < -0.39 is 0 Å². The third-order valence-electron chi connectivity index (χ3n) is 14.7. The molecule has 0 aromatic carbocycles. The van der Waals surface area contributed by atoms with E-state index in [9.17, 15) is 14.4 Å². The molecule has 3 atom stereocenters. The Balaban J connectivity index is 2.64. The Kier molecular flexibility index (Phi) is 43.8. The molecule has 390 valence electrons. The van der Waals surface area contributed by atoms with Gasteiger partial charge in [-0.05, 0) is 102 Å². The van der Waals surface area contributed by atoms with Gasteiger partial charge in [0.1, 0.15) is 0 Å². The molecule has 1 fully saturated rings. The fraction of sp³-hybridized carbons (Fsp3) is 0.948. The van der Waals surface area contributed by atoms with Crippen molar-refractivity contribution in [2.75, 3.05) is 39.1 Å². The number of thioether (sulfide) groups is 1. The molecule has 8 heteroatoms. The molecule has 1 aliphatic rings. The van der Waals surface area contributed by atoms with Gasteiger partial charge in [0.15, 0.2) is 0 Å². The van der Waals surface area contributed by atoms with E-state index in [1.54, 1.807) is 11.8 Å². The summed E-state index contributed by atoms with van der Waals surface area (Å²) in [6, 6.07) is 0.896. The molecule has 1 aliphatic heterocycles. The Morgan fingerprint density at radius 3 is 1.36 bits per heavy atom. The normalized spacial score (nSPS) is 15.5. The summed E-state index contributed by atoms with van der Waals surface area (Å²) in [5, 5.41) is 0.316. The van der Waals surface area contributed by atoms with Crippen LogP contribution in [0.2, 0.25) is 0 Å². The SMILES string of the molecule is CCCCCCCSC(=O)N(CCC1CCCN1C)C(CCCCCCCCC(=O)OCC(CCCC)CCCCCC)CCCCCCCCC(=O)OCC(CCCC)CCCCCC. The minimum absolute atomic E-state index is 0.00477. The highest BCUT2D eigenvalue weighted by Gasteiger charge is 2.27. The largest absolute Gasteiger partial charge is 0.465 e. The summed E-state index contributed by atoms with van der Waals surface area (Å²) in [5.74, 6) is 1.98. The van der Waals surface area contributed by atoms with E-state index in [1.807, 2.05) is 0 Å². The van der Waals surface area contributed by atoms with Crippen LogP contribution in [0, 0.1) is 11.8 Å². The Morgan fingerprint density at radius 1 is 0.515 bits per heavy atom. The van der Waals surface area contributed by atoms with Crippen molar-refractivity contribution in [1.29, 1.82) is 0 Å². The second kappa shape index (κ2) is 46.1. The minimum atomic E-state index is -0.00477. The van der Waals surface area contributed by atoms with Gasteiger partial charge in [-0.15, -0.1) is 0 Å². The van der Waals surface area contributed by atoms with E-state index in [2.05, 4.69) is 51.5 Å². The molecule has 3 unspecified atom stereocenters. The van der Waals surface area contributed by atoms with Crippen molar-refractivity contribution in [3.05, 3.63) is 0 Å². The lowest BCUT2D eigenvalue weighted by molar-refractivity contribution is -0.146. The molecule has 0 aliphatic carbocycles. The smallest absolute Gasteiger partial charge is 0.305 e. The molecule has 66 heavy (non-hydrogen) atoms. The summed E-state index contributed by atoms with van der Waals surface area (Å²) in [6.45, 7) is 14.5. The van der Waals surface area contributed by atoms with Crippen LogP contribution >= 0.6 is 11.8 Å². The number of carbonyl (C=O) groups excluding carboxylic acids is 3. The summed E-state index contributed by atoms with van der Waals surface area (Å²) in [7, 11) is 2.26. The van der Waals surface area contributed by atoms with Crippen LogP contribution in [0.5, 0.6) is 0 Å². The number of rotatable bonds is 48. The topological polar surface area (TPSA) is 76.2 Å². The first kappa shape index (κ1) is 62.7. The number of hydrogen-bond acceptors (Lipinski definition) is 7. The highest BCUT2D eigenvalue weighted by Crippen LogP contribution is 2.27. The fourth-order valence-electron chi connectivity index (χ4n) is 10.1. The Labute approximate surface area is 415 Å². The summed E-state index contributed by atoms with van der Waals surface area (Å²) in [4.78, 5) is 44.2. The zero-order valence-electron chi connectivity index (χ0n) is 45.0. The first-order valence-corrected chi connectivity index (χ1v) is 30.2. The molecule has 1 heterocycles. The van der Waals surface area contributed by atoms with E-state index in [0.29, 0.717) is 55.2 Å². The van der Waals surface area contributed by atoms with Crippen LogP contribution in [0.1, 0.15) is 291 Å². The molecule has 0 saturated carbocycles. The maximum absolute atomic E-state index is 14.1. The van der Waals surface area contributed by atoms with Gasteiger partial charge in [-0.3, -0.25) is 14.4 Å². The highest BCUT2D eigenvalue weighted by atomic mass is 32.2. The number of hydrogen-bond donors (Lipinski definition) is 0. The van der Waals surface area contributed by atoms with E-state index in [1.165, 1.54) is 173 Å². The molecular weight excluding hydrogens is 837 g/mol. The standard InChI is InChI=1S/C58H112N2O5S/c1-7-12-17-28-35-49-66-58(63)60(48-46-54-43-36-47-59(54)6)55(41-31-24-20-22-26-33-44-56(61)64-50-52(37-15-10-4)39-29-18-13-8-2)42-32-25-21-23-27-34-45-57(62)65-51-53(38-16-11-5)40-30-19-14-9-3/h52-55H,7-51H2,1-6H3. The molecule has 0 spiro atoms. The predicted octanol–water partition coefficient (Wildman–Crippen LogP) is 17.8.